The third kappa shape index (κ3) is 5.47. The van der Waals surface area contributed by atoms with Crippen molar-refractivity contribution in [2.45, 2.75) is 5.41 Å². The lowest BCUT2D eigenvalue weighted by atomic mass is 9.70. The van der Waals surface area contributed by atoms with Crippen LogP contribution in [0, 0.1) is 0 Å². The fourth-order valence-corrected chi connectivity index (χ4v) is 11.8. The second kappa shape index (κ2) is 15.1. The lowest BCUT2D eigenvalue weighted by molar-refractivity contribution is 0.794. The number of para-hydroxylation sites is 5. The molecule has 1 spiro atoms. The fourth-order valence-electron chi connectivity index (χ4n) is 11.8. The van der Waals surface area contributed by atoms with Gasteiger partial charge in [-0.3, -0.25) is 0 Å². The van der Waals surface area contributed by atoms with Crippen LogP contribution in [0.3, 0.4) is 0 Å². The maximum atomic E-state index is 2.55. The Hall–Kier alpha value is -8.92. The summed E-state index contributed by atoms with van der Waals surface area (Å²) in [6.07, 6.45) is 0. The molecule has 2 aliphatic rings. The molecule has 3 nitrogen and oxygen atoms in total. The fraction of sp³-hybridized carbons (Fsp3) is 0.0154. The van der Waals surface area contributed by atoms with Gasteiger partial charge < -0.3 is 14.4 Å². The van der Waals surface area contributed by atoms with Crippen LogP contribution in [0.4, 0.5) is 34.1 Å². The van der Waals surface area contributed by atoms with Crippen LogP contribution in [-0.4, -0.2) is 4.57 Å². The molecule has 0 amide bonds. The van der Waals surface area contributed by atoms with Gasteiger partial charge in [-0.1, -0.05) is 176 Å². The Morgan fingerprint density at radius 3 is 1.46 bits per heavy atom. The minimum Gasteiger partial charge on any atom is -0.310 e. The Bertz CT molecular complexity index is 3870. The molecule has 318 valence electrons. The van der Waals surface area contributed by atoms with Gasteiger partial charge in [0.1, 0.15) is 0 Å². The van der Waals surface area contributed by atoms with E-state index in [0.717, 1.165) is 45.3 Å². The molecular weight excluding hydrogens is 823 g/mol. The minimum atomic E-state index is -0.613. The lowest BCUT2D eigenvalue weighted by Gasteiger charge is -2.34. The number of anilines is 6. The van der Waals surface area contributed by atoms with E-state index in [-0.39, 0.29) is 0 Å². The summed E-state index contributed by atoms with van der Waals surface area (Å²) in [5.41, 5.74) is 19.9. The van der Waals surface area contributed by atoms with Gasteiger partial charge in [-0.05, 0) is 135 Å². The van der Waals surface area contributed by atoms with Crippen molar-refractivity contribution < 1.29 is 0 Å². The SMILES string of the molecule is c1ccc(N(c2ccccc2)c2ccc3c(c2)C2(c4ccccc4-3)c3ccccc3-c3c2cc(N(c2ccccc2)c2ccc4c5ccccc5n(-c5ccccc5)c4c2)c2ccccc32)cc1. The maximum Gasteiger partial charge on any atom is 0.0727 e. The smallest absolute Gasteiger partial charge is 0.0727 e. The Morgan fingerprint density at radius 1 is 0.279 bits per heavy atom. The van der Waals surface area contributed by atoms with Crippen LogP contribution >= 0.6 is 0 Å². The Labute approximate surface area is 395 Å². The highest BCUT2D eigenvalue weighted by Gasteiger charge is 2.52. The molecule has 12 aromatic rings. The highest BCUT2D eigenvalue weighted by Crippen LogP contribution is 2.65. The van der Waals surface area contributed by atoms with E-state index in [1.54, 1.807) is 0 Å². The van der Waals surface area contributed by atoms with Crippen molar-refractivity contribution in [2.75, 3.05) is 9.80 Å². The zero-order valence-electron chi connectivity index (χ0n) is 37.2. The second-order valence-electron chi connectivity index (χ2n) is 18.0. The number of aromatic nitrogens is 1. The van der Waals surface area contributed by atoms with Crippen LogP contribution in [0.15, 0.2) is 261 Å². The van der Waals surface area contributed by atoms with E-state index in [1.165, 1.54) is 71.6 Å². The molecule has 0 radical (unpaired) electrons. The first-order valence-corrected chi connectivity index (χ1v) is 23.5. The molecule has 0 saturated heterocycles. The molecule has 1 heterocycles. The van der Waals surface area contributed by atoms with Gasteiger partial charge in [0.2, 0.25) is 0 Å². The number of nitrogens with zero attached hydrogens (tertiary/aromatic N) is 3. The van der Waals surface area contributed by atoms with Crippen LogP contribution in [0.25, 0.3) is 60.5 Å². The molecule has 1 unspecified atom stereocenters. The zero-order valence-corrected chi connectivity index (χ0v) is 37.2. The van der Waals surface area contributed by atoms with E-state index in [2.05, 4.69) is 275 Å². The largest absolute Gasteiger partial charge is 0.310 e. The van der Waals surface area contributed by atoms with Gasteiger partial charge in [0, 0.05) is 50.3 Å². The van der Waals surface area contributed by atoms with E-state index in [1.807, 2.05) is 0 Å². The summed E-state index contributed by atoms with van der Waals surface area (Å²) in [4.78, 5) is 4.89. The summed E-state index contributed by atoms with van der Waals surface area (Å²) in [6.45, 7) is 0. The van der Waals surface area contributed by atoms with E-state index in [9.17, 15) is 0 Å². The van der Waals surface area contributed by atoms with Gasteiger partial charge >= 0.3 is 0 Å². The molecule has 1 atom stereocenters. The number of rotatable bonds is 7. The first-order valence-electron chi connectivity index (χ1n) is 23.5. The normalized spacial score (nSPS) is 14.2. The van der Waals surface area contributed by atoms with Gasteiger partial charge in [-0.2, -0.15) is 0 Å². The highest BCUT2D eigenvalue weighted by molar-refractivity contribution is 6.14. The summed E-state index contributed by atoms with van der Waals surface area (Å²) in [6, 6.07) is 96.2. The van der Waals surface area contributed by atoms with Crippen LogP contribution in [-0.2, 0) is 5.41 Å². The quantitative estimate of drug-likeness (QED) is 0.158. The Balaban J connectivity index is 1.07. The van der Waals surface area contributed by atoms with E-state index in [4.69, 9.17) is 0 Å². The molecule has 3 heteroatoms. The van der Waals surface area contributed by atoms with Gasteiger partial charge in [0.05, 0.1) is 22.1 Å². The standard InChI is InChI=1S/C65H43N3/c1-5-21-44(22-6-1)66(45-23-7-2-8-24-45)48-37-39-51-50-29-15-18-34-57(50)65(59(51)41-48)58-35-19-16-33-56(58)64-55-32-14-13-31-53(55)63(43-60(64)65)67(46-25-9-3-10-26-46)49-38-40-54-52-30-17-20-36-61(52)68(62(54)42-49)47-27-11-4-12-28-47/h1-43H. The highest BCUT2D eigenvalue weighted by atomic mass is 15.2. The third-order valence-electron chi connectivity index (χ3n) is 14.5. The van der Waals surface area contributed by atoms with Crippen LogP contribution in [0.2, 0.25) is 0 Å². The van der Waals surface area contributed by atoms with Crippen molar-refractivity contribution >= 4 is 66.7 Å². The predicted molar refractivity (Wildman–Crippen MR) is 284 cm³/mol. The van der Waals surface area contributed by atoms with Crippen molar-refractivity contribution in [1.29, 1.82) is 0 Å². The number of benzene rings is 11. The maximum absolute atomic E-state index is 2.55. The van der Waals surface area contributed by atoms with E-state index in [0.29, 0.717) is 0 Å². The van der Waals surface area contributed by atoms with Crippen molar-refractivity contribution in [3.05, 3.63) is 283 Å². The molecule has 0 fully saturated rings. The van der Waals surface area contributed by atoms with Crippen LogP contribution in [0.1, 0.15) is 22.3 Å². The Kier molecular flexibility index (Phi) is 8.50. The number of hydrogen-bond donors (Lipinski definition) is 0. The number of hydrogen-bond acceptors (Lipinski definition) is 2. The summed E-state index contributed by atoms with van der Waals surface area (Å²) in [5.74, 6) is 0. The molecule has 14 rings (SSSR count). The summed E-state index contributed by atoms with van der Waals surface area (Å²) >= 11 is 0. The molecule has 1 aromatic heterocycles. The van der Waals surface area contributed by atoms with Gasteiger partial charge in [0.15, 0.2) is 0 Å². The zero-order chi connectivity index (χ0) is 44.8. The number of fused-ring (bicyclic) bond motifs is 15. The van der Waals surface area contributed by atoms with Crippen molar-refractivity contribution in [3.63, 3.8) is 0 Å². The monoisotopic (exact) mass is 865 g/mol. The summed E-state index contributed by atoms with van der Waals surface area (Å²) < 4.78 is 2.42. The molecule has 0 saturated carbocycles. The van der Waals surface area contributed by atoms with Crippen LogP contribution < -0.4 is 9.80 Å². The van der Waals surface area contributed by atoms with E-state index >= 15 is 0 Å². The molecule has 0 N–H and O–H groups in total. The first-order chi connectivity index (χ1) is 33.8. The third-order valence-corrected chi connectivity index (χ3v) is 14.5. The molecule has 0 aliphatic heterocycles. The van der Waals surface area contributed by atoms with Crippen molar-refractivity contribution in [2.24, 2.45) is 0 Å². The summed E-state index contributed by atoms with van der Waals surface area (Å²) in [7, 11) is 0. The van der Waals surface area contributed by atoms with Crippen LogP contribution in [0.5, 0.6) is 0 Å². The average Bonchev–Trinajstić information content (AvgIpc) is 4.01. The van der Waals surface area contributed by atoms with Gasteiger partial charge in [-0.15, -0.1) is 0 Å². The Morgan fingerprint density at radius 2 is 0.765 bits per heavy atom. The first kappa shape index (κ1) is 38.4. The van der Waals surface area contributed by atoms with Crippen molar-refractivity contribution in [3.8, 4) is 27.9 Å². The topological polar surface area (TPSA) is 11.4 Å². The molecule has 2 aliphatic carbocycles. The van der Waals surface area contributed by atoms with Gasteiger partial charge in [-0.25, -0.2) is 0 Å². The van der Waals surface area contributed by atoms with Gasteiger partial charge in [0.25, 0.3) is 0 Å². The summed E-state index contributed by atoms with van der Waals surface area (Å²) in [5, 5.41) is 4.90. The van der Waals surface area contributed by atoms with Crippen molar-refractivity contribution in [1.82, 2.24) is 4.57 Å². The molecule has 11 aromatic carbocycles. The predicted octanol–water partition coefficient (Wildman–Crippen LogP) is 17.2. The molecular formula is C65H43N3. The van der Waals surface area contributed by atoms with E-state index < -0.39 is 5.41 Å². The lowest BCUT2D eigenvalue weighted by Crippen LogP contribution is -2.26. The average molecular weight is 866 g/mol. The minimum absolute atomic E-state index is 0.613. The molecule has 68 heavy (non-hydrogen) atoms. The second-order valence-corrected chi connectivity index (χ2v) is 18.0. The molecule has 0 bridgehead atoms.